The van der Waals surface area contributed by atoms with Crippen molar-refractivity contribution in [3.8, 4) is 17.2 Å². The maximum Gasteiger partial charge on any atom is 0.161 e. The van der Waals surface area contributed by atoms with Crippen LogP contribution in [0.1, 0.15) is 28.8 Å². The smallest absolute Gasteiger partial charge is 0.161 e. The van der Waals surface area contributed by atoms with Gasteiger partial charge in [-0.25, -0.2) is 0 Å². The van der Waals surface area contributed by atoms with E-state index in [0.717, 1.165) is 43.6 Å². The first-order valence-electron chi connectivity index (χ1n) is 10.5. The number of benzene rings is 2. The Labute approximate surface area is 183 Å². The van der Waals surface area contributed by atoms with Crippen molar-refractivity contribution < 1.29 is 28.8 Å². The largest absolute Gasteiger partial charge is 0.497 e. The molecule has 168 valence electrons. The summed E-state index contributed by atoms with van der Waals surface area (Å²) in [6.45, 7) is 2.80. The van der Waals surface area contributed by atoms with Crippen LogP contribution in [0.5, 0.6) is 17.2 Å². The molecule has 0 bridgehead atoms. The van der Waals surface area contributed by atoms with Crippen molar-refractivity contribution >= 4 is 6.29 Å². The van der Waals surface area contributed by atoms with Crippen LogP contribution >= 0.6 is 0 Å². The number of aldehydes is 1. The van der Waals surface area contributed by atoms with Gasteiger partial charge in [0.05, 0.1) is 20.3 Å². The van der Waals surface area contributed by atoms with E-state index in [2.05, 4.69) is 4.90 Å². The molecular formula is C24H31NO6. The summed E-state index contributed by atoms with van der Waals surface area (Å²) < 4.78 is 22.1. The molecule has 0 saturated carbocycles. The van der Waals surface area contributed by atoms with Gasteiger partial charge in [0, 0.05) is 31.8 Å². The van der Waals surface area contributed by atoms with Gasteiger partial charge in [-0.3, -0.25) is 9.69 Å². The zero-order valence-corrected chi connectivity index (χ0v) is 18.2. The van der Waals surface area contributed by atoms with Crippen molar-refractivity contribution in [3.63, 3.8) is 0 Å². The number of carbonyl (C=O) groups excluding carboxylic acids is 1. The van der Waals surface area contributed by atoms with Crippen LogP contribution in [0.3, 0.4) is 0 Å². The Morgan fingerprint density at radius 3 is 2.61 bits per heavy atom. The molecule has 0 amide bonds. The summed E-state index contributed by atoms with van der Waals surface area (Å²) in [4.78, 5) is 13.1. The van der Waals surface area contributed by atoms with Gasteiger partial charge >= 0.3 is 0 Å². The quantitative estimate of drug-likeness (QED) is 0.520. The topological polar surface area (TPSA) is 77.5 Å². The molecule has 2 aromatic rings. The first kappa shape index (κ1) is 23.1. The molecule has 2 unspecified atom stereocenters. The molecule has 1 fully saturated rings. The van der Waals surface area contributed by atoms with Crippen molar-refractivity contribution in [2.75, 3.05) is 40.5 Å². The van der Waals surface area contributed by atoms with Crippen molar-refractivity contribution in [3.05, 3.63) is 53.6 Å². The van der Waals surface area contributed by atoms with Crippen LogP contribution in [0.2, 0.25) is 0 Å². The highest BCUT2D eigenvalue weighted by atomic mass is 16.5. The summed E-state index contributed by atoms with van der Waals surface area (Å²) in [7, 11) is 3.17. The summed E-state index contributed by atoms with van der Waals surface area (Å²) >= 11 is 0. The molecular weight excluding hydrogens is 398 g/mol. The molecule has 2 aromatic carbocycles. The number of aliphatic hydroxyl groups excluding tert-OH is 1. The maximum atomic E-state index is 10.9. The second-order valence-electron chi connectivity index (χ2n) is 7.67. The highest BCUT2D eigenvalue weighted by molar-refractivity contribution is 5.76. The molecule has 31 heavy (non-hydrogen) atoms. The molecule has 0 aromatic heterocycles. The normalized spacial score (nSPS) is 16.8. The number of ether oxygens (including phenoxy) is 4. The molecule has 0 spiro atoms. The van der Waals surface area contributed by atoms with Crippen LogP contribution in [0.15, 0.2) is 42.5 Å². The molecule has 1 aliphatic heterocycles. The maximum absolute atomic E-state index is 10.9. The van der Waals surface area contributed by atoms with E-state index < -0.39 is 6.10 Å². The molecule has 1 N–H and O–H groups in total. The Bertz CT molecular complexity index is 819. The average Bonchev–Trinajstić information content (AvgIpc) is 3.31. The lowest BCUT2D eigenvalue weighted by Gasteiger charge is -2.27. The molecule has 7 heteroatoms. The Balaban J connectivity index is 1.60. The number of rotatable bonds is 12. The van der Waals surface area contributed by atoms with Gasteiger partial charge < -0.3 is 24.1 Å². The van der Waals surface area contributed by atoms with Gasteiger partial charge in [-0.1, -0.05) is 12.1 Å². The number of methoxy groups -OCH3 is 2. The van der Waals surface area contributed by atoms with Crippen LogP contribution in [-0.4, -0.2) is 69.0 Å². The van der Waals surface area contributed by atoms with E-state index in [-0.39, 0.29) is 12.7 Å². The fourth-order valence-electron chi connectivity index (χ4n) is 3.68. The van der Waals surface area contributed by atoms with Gasteiger partial charge in [-0.05, 0) is 48.7 Å². The predicted molar refractivity (Wildman–Crippen MR) is 117 cm³/mol. The minimum Gasteiger partial charge on any atom is -0.497 e. The van der Waals surface area contributed by atoms with E-state index in [1.165, 1.54) is 7.11 Å². The Morgan fingerprint density at radius 2 is 1.97 bits per heavy atom. The second kappa shape index (κ2) is 11.7. The van der Waals surface area contributed by atoms with E-state index in [1.54, 1.807) is 25.3 Å². The standard InChI is InChI=1S/C24H31NO6/c1-28-21-8-5-18(6-9-21)13-25(15-22-4-3-11-30-22)14-20(27)17-31-23-10-7-19(16-26)12-24(23)29-2/h5-10,12,16,20,22,27H,3-4,11,13-15,17H2,1-2H3. The van der Waals surface area contributed by atoms with Crippen molar-refractivity contribution in [1.29, 1.82) is 0 Å². The zero-order valence-electron chi connectivity index (χ0n) is 18.2. The monoisotopic (exact) mass is 429 g/mol. The molecule has 3 rings (SSSR count). The molecule has 0 aliphatic carbocycles. The first-order valence-corrected chi connectivity index (χ1v) is 10.5. The third-order valence-electron chi connectivity index (χ3n) is 5.27. The number of hydrogen-bond acceptors (Lipinski definition) is 7. The van der Waals surface area contributed by atoms with Crippen LogP contribution in [-0.2, 0) is 11.3 Å². The van der Waals surface area contributed by atoms with E-state index >= 15 is 0 Å². The Morgan fingerprint density at radius 1 is 1.16 bits per heavy atom. The highest BCUT2D eigenvalue weighted by Gasteiger charge is 2.22. The Hall–Kier alpha value is -2.61. The number of hydrogen-bond donors (Lipinski definition) is 1. The van der Waals surface area contributed by atoms with Crippen LogP contribution in [0.25, 0.3) is 0 Å². The van der Waals surface area contributed by atoms with Crippen LogP contribution < -0.4 is 14.2 Å². The van der Waals surface area contributed by atoms with Crippen molar-refractivity contribution in [1.82, 2.24) is 4.90 Å². The lowest BCUT2D eigenvalue weighted by molar-refractivity contribution is 0.0310. The summed E-state index contributed by atoms with van der Waals surface area (Å²) in [5.74, 6) is 1.77. The molecule has 0 radical (unpaired) electrons. The zero-order chi connectivity index (χ0) is 22.1. The lowest BCUT2D eigenvalue weighted by Crippen LogP contribution is -2.39. The average molecular weight is 430 g/mol. The van der Waals surface area contributed by atoms with E-state index in [9.17, 15) is 9.90 Å². The van der Waals surface area contributed by atoms with Gasteiger partial charge in [-0.15, -0.1) is 0 Å². The fraction of sp³-hybridized carbons (Fsp3) is 0.458. The lowest BCUT2D eigenvalue weighted by atomic mass is 10.1. The summed E-state index contributed by atoms with van der Waals surface area (Å²) in [5, 5.41) is 10.7. The van der Waals surface area contributed by atoms with Crippen LogP contribution in [0, 0.1) is 0 Å². The van der Waals surface area contributed by atoms with Gasteiger partial charge in [0.25, 0.3) is 0 Å². The Kier molecular flexibility index (Phi) is 8.70. The second-order valence-corrected chi connectivity index (χ2v) is 7.67. The van der Waals surface area contributed by atoms with Gasteiger partial charge in [-0.2, -0.15) is 0 Å². The van der Waals surface area contributed by atoms with Crippen molar-refractivity contribution in [2.45, 2.75) is 31.6 Å². The van der Waals surface area contributed by atoms with Gasteiger partial charge in [0.15, 0.2) is 11.5 Å². The predicted octanol–water partition coefficient (Wildman–Crippen LogP) is 2.94. The molecule has 1 saturated heterocycles. The fourth-order valence-corrected chi connectivity index (χ4v) is 3.68. The molecule has 2 atom stereocenters. The minimum atomic E-state index is -0.699. The van der Waals surface area contributed by atoms with E-state index in [0.29, 0.717) is 30.2 Å². The van der Waals surface area contributed by atoms with E-state index in [4.69, 9.17) is 18.9 Å². The number of carbonyl (C=O) groups is 1. The minimum absolute atomic E-state index is 0.113. The van der Waals surface area contributed by atoms with Crippen LogP contribution in [0.4, 0.5) is 0 Å². The highest BCUT2D eigenvalue weighted by Crippen LogP contribution is 2.27. The summed E-state index contributed by atoms with van der Waals surface area (Å²) in [6.07, 6.45) is 2.34. The summed E-state index contributed by atoms with van der Waals surface area (Å²) in [5.41, 5.74) is 1.64. The third-order valence-corrected chi connectivity index (χ3v) is 5.27. The van der Waals surface area contributed by atoms with Gasteiger partial charge in [0.2, 0.25) is 0 Å². The van der Waals surface area contributed by atoms with Crippen molar-refractivity contribution in [2.24, 2.45) is 0 Å². The first-order chi connectivity index (χ1) is 15.1. The number of aliphatic hydroxyl groups is 1. The molecule has 1 aliphatic rings. The van der Waals surface area contributed by atoms with Gasteiger partial charge in [0.1, 0.15) is 24.7 Å². The molecule has 7 nitrogen and oxygen atoms in total. The summed E-state index contributed by atoms with van der Waals surface area (Å²) in [6, 6.07) is 12.9. The van der Waals surface area contributed by atoms with E-state index in [1.807, 2.05) is 24.3 Å². The SMILES string of the molecule is COc1ccc(CN(CC(O)COc2ccc(C=O)cc2OC)CC2CCCO2)cc1. The molecule has 1 heterocycles. The number of nitrogens with zero attached hydrogens (tertiary/aromatic N) is 1. The third kappa shape index (κ3) is 6.95.